The largest absolute Gasteiger partial charge is 0.497 e. The molecule has 0 fully saturated rings. The molecule has 0 unspecified atom stereocenters. The van der Waals surface area contributed by atoms with E-state index in [2.05, 4.69) is 23.3 Å². The molecule has 3 aromatic carbocycles. The van der Waals surface area contributed by atoms with Gasteiger partial charge < -0.3 is 24.7 Å². The Morgan fingerprint density at radius 2 is 1.49 bits per heavy atom. The molecule has 0 amide bonds. The number of anilines is 1. The average Bonchev–Trinajstić information content (AvgIpc) is 2.87. The van der Waals surface area contributed by atoms with Crippen LogP contribution >= 0.6 is 12.2 Å². The van der Waals surface area contributed by atoms with Crippen LogP contribution in [-0.2, 0) is 13.1 Å². The number of pyridine rings is 1. The lowest BCUT2D eigenvalue weighted by molar-refractivity contribution is 0.406. The Bertz CT molecular complexity index is 1400. The van der Waals surface area contributed by atoms with Crippen LogP contribution in [0.15, 0.2) is 71.5 Å². The van der Waals surface area contributed by atoms with E-state index >= 15 is 0 Å². The summed E-state index contributed by atoms with van der Waals surface area (Å²) >= 11 is 5.80. The smallest absolute Gasteiger partial charge is 0.253 e. The van der Waals surface area contributed by atoms with Crippen molar-refractivity contribution in [3.05, 3.63) is 99.3 Å². The second-order valence-electron chi connectivity index (χ2n) is 8.47. The molecule has 2 N–H and O–H groups in total. The zero-order chi connectivity index (χ0) is 24.9. The van der Waals surface area contributed by atoms with Crippen molar-refractivity contribution in [3.8, 4) is 11.5 Å². The molecule has 1 aromatic heterocycles. The molecular formula is C28H29N3O3S. The third kappa shape index (κ3) is 5.63. The number of rotatable bonds is 7. The van der Waals surface area contributed by atoms with Crippen molar-refractivity contribution < 1.29 is 9.47 Å². The van der Waals surface area contributed by atoms with Crippen LogP contribution in [0.1, 0.15) is 22.3 Å². The number of thiocarbonyl (C=S) groups is 1. The molecule has 0 atom stereocenters. The highest BCUT2D eigenvalue weighted by molar-refractivity contribution is 7.80. The fourth-order valence-electron chi connectivity index (χ4n) is 3.97. The summed E-state index contributed by atoms with van der Waals surface area (Å²) in [7, 11) is 3.28. The van der Waals surface area contributed by atoms with E-state index in [0.717, 1.165) is 44.8 Å². The SMILES string of the molecule is COc1ccc(CN(Cc2cc3c(C)ccc(C)c3[nH]c2=O)C(=S)Nc2ccc(OC)cc2)cc1. The minimum atomic E-state index is -0.113. The first-order valence-corrected chi connectivity index (χ1v) is 11.7. The number of nitrogens with one attached hydrogen (secondary N) is 2. The maximum atomic E-state index is 13.0. The Kier molecular flexibility index (Phi) is 7.36. The molecule has 0 saturated heterocycles. The Labute approximate surface area is 210 Å². The van der Waals surface area contributed by atoms with Gasteiger partial charge in [-0.3, -0.25) is 4.79 Å². The van der Waals surface area contributed by atoms with Crippen LogP contribution in [0.25, 0.3) is 10.9 Å². The first-order chi connectivity index (χ1) is 16.9. The number of benzene rings is 3. The number of methoxy groups -OCH3 is 2. The molecule has 4 aromatic rings. The average molecular weight is 488 g/mol. The van der Waals surface area contributed by atoms with Gasteiger partial charge in [0.05, 0.1) is 26.3 Å². The summed E-state index contributed by atoms with van der Waals surface area (Å²) in [6.45, 7) is 4.93. The number of aromatic nitrogens is 1. The number of H-pyrrole nitrogens is 1. The Morgan fingerprint density at radius 3 is 2.11 bits per heavy atom. The highest BCUT2D eigenvalue weighted by atomic mass is 32.1. The first-order valence-electron chi connectivity index (χ1n) is 11.3. The minimum absolute atomic E-state index is 0.113. The van der Waals surface area contributed by atoms with Gasteiger partial charge in [0.2, 0.25) is 0 Å². The van der Waals surface area contributed by atoms with E-state index in [1.54, 1.807) is 14.2 Å². The summed E-state index contributed by atoms with van der Waals surface area (Å²) in [6.07, 6.45) is 0. The fraction of sp³-hybridized carbons (Fsp3) is 0.214. The molecule has 4 rings (SSSR count). The van der Waals surface area contributed by atoms with Gasteiger partial charge in [0, 0.05) is 23.2 Å². The second-order valence-corrected chi connectivity index (χ2v) is 8.86. The maximum Gasteiger partial charge on any atom is 0.253 e. The van der Waals surface area contributed by atoms with Crippen LogP contribution < -0.4 is 20.3 Å². The van der Waals surface area contributed by atoms with Crippen LogP contribution in [0.3, 0.4) is 0 Å². The van der Waals surface area contributed by atoms with Crippen LogP contribution in [-0.4, -0.2) is 29.2 Å². The summed E-state index contributed by atoms with van der Waals surface area (Å²) in [5.74, 6) is 1.56. The first kappa shape index (κ1) is 24.3. The van der Waals surface area contributed by atoms with Crippen LogP contribution in [0.5, 0.6) is 11.5 Å². The molecule has 180 valence electrons. The molecule has 0 bridgehead atoms. The summed E-state index contributed by atoms with van der Waals surface area (Å²) in [5.41, 5.74) is 5.46. The van der Waals surface area contributed by atoms with Crippen molar-refractivity contribution in [2.24, 2.45) is 0 Å². The Morgan fingerprint density at radius 1 is 0.886 bits per heavy atom. The quantitative estimate of drug-likeness (QED) is 0.333. The van der Waals surface area contributed by atoms with Crippen molar-refractivity contribution in [3.63, 3.8) is 0 Å². The lowest BCUT2D eigenvalue weighted by Crippen LogP contribution is -2.35. The zero-order valence-electron chi connectivity index (χ0n) is 20.3. The number of hydrogen-bond donors (Lipinski definition) is 2. The van der Waals surface area contributed by atoms with Crippen molar-refractivity contribution in [2.45, 2.75) is 26.9 Å². The number of aryl methyl sites for hydroxylation is 2. The van der Waals surface area contributed by atoms with Gasteiger partial charge in [-0.2, -0.15) is 0 Å². The summed E-state index contributed by atoms with van der Waals surface area (Å²) < 4.78 is 10.5. The predicted octanol–water partition coefficient (Wildman–Crippen LogP) is 5.56. The summed E-state index contributed by atoms with van der Waals surface area (Å²) in [6, 6.07) is 21.5. The topological polar surface area (TPSA) is 66.6 Å². The number of hydrogen-bond acceptors (Lipinski definition) is 4. The highest BCUT2D eigenvalue weighted by Gasteiger charge is 2.16. The van der Waals surface area contributed by atoms with Gasteiger partial charge in [-0.1, -0.05) is 24.3 Å². The van der Waals surface area contributed by atoms with Crippen LogP contribution in [0.4, 0.5) is 5.69 Å². The zero-order valence-corrected chi connectivity index (χ0v) is 21.2. The van der Waals surface area contributed by atoms with Crippen LogP contribution in [0.2, 0.25) is 0 Å². The number of aromatic amines is 1. The Balaban J connectivity index is 1.66. The molecule has 35 heavy (non-hydrogen) atoms. The van der Waals surface area contributed by atoms with Crippen LogP contribution in [0, 0.1) is 13.8 Å². The maximum absolute atomic E-state index is 13.0. The number of nitrogens with zero attached hydrogens (tertiary/aromatic N) is 1. The second kappa shape index (κ2) is 10.6. The monoisotopic (exact) mass is 487 g/mol. The molecule has 0 saturated carbocycles. The van der Waals surface area contributed by atoms with Gasteiger partial charge in [0.15, 0.2) is 5.11 Å². The van der Waals surface area contributed by atoms with Crippen molar-refractivity contribution in [1.29, 1.82) is 0 Å². The van der Waals surface area contributed by atoms with E-state index in [-0.39, 0.29) is 5.56 Å². The standard InChI is InChI=1S/C28H29N3O3S/c1-18-5-6-19(2)26-25(18)15-21(27(32)30-26)17-31(16-20-7-11-23(33-3)12-8-20)28(35)29-22-9-13-24(34-4)14-10-22/h5-15H,16-17H2,1-4H3,(H,29,35)(H,30,32). The van der Waals surface area contributed by atoms with Gasteiger partial charge in [0.1, 0.15) is 11.5 Å². The van der Waals surface area contributed by atoms with Gasteiger partial charge in [-0.15, -0.1) is 0 Å². The van der Waals surface area contributed by atoms with Crippen molar-refractivity contribution in [2.75, 3.05) is 19.5 Å². The molecule has 0 radical (unpaired) electrons. The fourth-order valence-corrected chi connectivity index (χ4v) is 4.22. The van der Waals surface area contributed by atoms with E-state index in [1.165, 1.54) is 0 Å². The molecule has 0 aliphatic heterocycles. The lowest BCUT2D eigenvalue weighted by Gasteiger charge is -2.26. The number of fused-ring (bicyclic) bond motifs is 1. The molecule has 0 aliphatic carbocycles. The molecule has 1 heterocycles. The summed E-state index contributed by atoms with van der Waals surface area (Å²) in [5, 5.41) is 4.86. The normalized spacial score (nSPS) is 10.7. The molecule has 6 nitrogen and oxygen atoms in total. The number of ether oxygens (including phenoxy) is 2. The van der Waals surface area contributed by atoms with Crippen molar-refractivity contribution >= 4 is 33.9 Å². The predicted molar refractivity (Wildman–Crippen MR) is 145 cm³/mol. The minimum Gasteiger partial charge on any atom is -0.497 e. The Hall–Kier alpha value is -3.84. The van der Waals surface area contributed by atoms with E-state index < -0.39 is 0 Å². The highest BCUT2D eigenvalue weighted by Crippen LogP contribution is 2.22. The van der Waals surface area contributed by atoms with E-state index in [0.29, 0.717) is 23.8 Å². The van der Waals surface area contributed by atoms with Gasteiger partial charge >= 0.3 is 0 Å². The van der Waals surface area contributed by atoms with E-state index in [1.807, 2.05) is 72.5 Å². The molecule has 0 aliphatic rings. The lowest BCUT2D eigenvalue weighted by atomic mass is 10.0. The van der Waals surface area contributed by atoms with Gasteiger partial charge in [0.25, 0.3) is 5.56 Å². The summed E-state index contributed by atoms with van der Waals surface area (Å²) in [4.78, 5) is 18.1. The van der Waals surface area contributed by atoms with Gasteiger partial charge in [-0.05, 0) is 85.2 Å². The molecular weight excluding hydrogens is 458 g/mol. The third-order valence-corrected chi connectivity index (χ3v) is 6.40. The molecule has 7 heteroatoms. The van der Waals surface area contributed by atoms with E-state index in [9.17, 15) is 4.79 Å². The van der Waals surface area contributed by atoms with E-state index in [4.69, 9.17) is 21.7 Å². The van der Waals surface area contributed by atoms with Gasteiger partial charge in [-0.25, -0.2) is 0 Å². The third-order valence-electron chi connectivity index (χ3n) is 6.04. The molecule has 0 spiro atoms. The van der Waals surface area contributed by atoms with Crippen molar-refractivity contribution in [1.82, 2.24) is 9.88 Å².